The summed E-state index contributed by atoms with van der Waals surface area (Å²) in [6, 6.07) is 19.0. The standard InChI is InChI=1S/C21H18N2O2/c1-3-17-19-13-10-15-6-4-5-7-18(15)23(19)21(25)22(20(17)24)16-11-8-14(2)9-12-16/h4-13H,3H2,1-2H3. The van der Waals surface area contributed by atoms with E-state index in [4.69, 9.17) is 0 Å². The van der Waals surface area contributed by atoms with E-state index in [1.165, 1.54) is 4.57 Å². The number of hydrogen-bond acceptors (Lipinski definition) is 2. The first kappa shape index (κ1) is 15.4. The van der Waals surface area contributed by atoms with Crippen molar-refractivity contribution in [3.05, 3.63) is 92.6 Å². The largest absolute Gasteiger partial charge is 0.340 e. The van der Waals surface area contributed by atoms with Crippen molar-refractivity contribution < 1.29 is 0 Å². The summed E-state index contributed by atoms with van der Waals surface area (Å²) in [6.07, 6.45) is 0.562. The van der Waals surface area contributed by atoms with E-state index in [1.807, 2.05) is 74.5 Å². The number of fused-ring (bicyclic) bond motifs is 3. The molecule has 0 aliphatic heterocycles. The molecule has 0 saturated carbocycles. The van der Waals surface area contributed by atoms with Crippen molar-refractivity contribution in [1.29, 1.82) is 0 Å². The molecule has 4 nitrogen and oxygen atoms in total. The van der Waals surface area contributed by atoms with Crippen molar-refractivity contribution in [3.63, 3.8) is 0 Å². The van der Waals surface area contributed by atoms with Crippen LogP contribution in [-0.2, 0) is 6.42 Å². The fraction of sp³-hybridized carbons (Fsp3) is 0.143. The SMILES string of the molecule is CCc1c(=O)n(-c2ccc(C)cc2)c(=O)n2c1ccc1ccccc12. The predicted octanol–water partition coefficient (Wildman–Crippen LogP) is 3.47. The molecule has 4 rings (SSSR count). The predicted molar refractivity (Wildman–Crippen MR) is 101 cm³/mol. The molecule has 0 saturated heterocycles. The summed E-state index contributed by atoms with van der Waals surface area (Å²) in [6.45, 7) is 3.92. The molecule has 0 radical (unpaired) electrons. The molecule has 0 spiro atoms. The van der Waals surface area contributed by atoms with Gasteiger partial charge < -0.3 is 0 Å². The molecule has 0 bridgehead atoms. The van der Waals surface area contributed by atoms with E-state index in [9.17, 15) is 9.59 Å². The van der Waals surface area contributed by atoms with Crippen LogP contribution in [0.3, 0.4) is 0 Å². The Kier molecular flexibility index (Phi) is 3.53. The number of hydrogen-bond donors (Lipinski definition) is 0. The summed E-state index contributed by atoms with van der Waals surface area (Å²) in [5, 5.41) is 0.966. The van der Waals surface area contributed by atoms with E-state index in [0.717, 1.165) is 16.5 Å². The normalized spacial score (nSPS) is 11.3. The maximum absolute atomic E-state index is 13.2. The van der Waals surface area contributed by atoms with Crippen LogP contribution < -0.4 is 11.2 Å². The quantitative estimate of drug-likeness (QED) is 0.528. The second-order valence-electron chi connectivity index (χ2n) is 6.20. The number of rotatable bonds is 2. The lowest BCUT2D eigenvalue weighted by Gasteiger charge is -2.14. The molecular weight excluding hydrogens is 312 g/mol. The van der Waals surface area contributed by atoms with Gasteiger partial charge in [-0.05, 0) is 43.0 Å². The molecule has 2 aromatic carbocycles. The molecule has 2 heterocycles. The van der Waals surface area contributed by atoms with Gasteiger partial charge in [-0.1, -0.05) is 48.9 Å². The summed E-state index contributed by atoms with van der Waals surface area (Å²) in [5.41, 5.74) is 3.23. The Hall–Kier alpha value is -3.14. The molecular formula is C21H18N2O2. The Morgan fingerprint density at radius 1 is 0.840 bits per heavy atom. The van der Waals surface area contributed by atoms with Gasteiger partial charge >= 0.3 is 5.69 Å². The van der Waals surface area contributed by atoms with E-state index in [2.05, 4.69) is 0 Å². The van der Waals surface area contributed by atoms with Crippen LogP contribution in [0.2, 0.25) is 0 Å². The van der Waals surface area contributed by atoms with Gasteiger partial charge in [-0.3, -0.25) is 9.20 Å². The summed E-state index contributed by atoms with van der Waals surface area (Å²) in [4.78, 5) is 26.2. The number of nitrogens with zero attached hydrogens (tertiary/aromatic N) is 2. The minimum Gasteiger partial charge on any atom is -0.268 e. The molecule has 25 heavy (non-hydrogen) atoms. The lowest BCUT2D eigenvalue weighted by atomic mass is 10.1. The first-order valence-electron chi connectivity index (χ1n) is 8.37. The van der Waals surface area contributed by atoms with E-state index >= 15 is 0 Å². The molecule has 0 aliphatic carbocycles. The van der Waals surface area contributed by atoms with Gasteiger partial charge in [0.1, 0.15) is 0 Å². The lowest BCUT2D eigenvalue weighted by Crippen LogP contribution is -2.38. The fourth-order valence-corrected chi connectivity index (χ4v) is 3.33. The van der Waals surface area contributed by atoms with E-state index in [-0.39, 0.29) is 11.2 Å². The maximum Gasteiger partial charge on any atom is 0.340 e. The highest BCUT2D eigenvalue weighted by molar-refractivity contribution is 5.83. The zero-order valence-corrected chi connectivity index (χ0v) is 14.2. The van der Waals surface area contributed by atoms with Crippen LogP contribution >= 0.6 is 0 Å². The topological polar surface area (TPSA) is 43.5 Å². The lowest BCUT2D eigenvalue weighted by molar-refractivity contribution is 0.832. The molecule has 0 amide bonds. The van der Waals surface area contributed by atoms with Crippen LogP contribution in [0.1, 0.15) is 18.1 Å². The van der Waals surface area contributed by atoms with Crippen LogP contribution in [-0.4, -0.2) is 8.97 Å². The maximum atomic E-state index is 13.2. The smallest absolute Gasteiger partial charge is 0.268 e. The van der Waals surface area contributed by atoms with Crippen molar-refractivity contribution in [3.8, 4) is 5.69 Å². The molecule has 4 aromatic rings. The molecule has 4 heteroatoms. The van der Waals surface area contributed by atoms with Gasteiger partial charge in [0, 0.05) is 5.56 Å². The number of pyridine rings is 1. The van der Waals surface area contributed by atoms with Crippen LogP contribution in [0.15, 0.2) is 70.3 Å². The Morgan fingerprint density at radius 2 is 1.56 bits per heavy atom. The van der Waals surface area contributed by atoms with Gasteiger partial charge in [0.05, 0.1) is 16.7 Å². The minimum absolute atomic E-state index is 0.244. The average molecular weight is 330 g/mol. The summed E-state index contributed by atoms with van der Waals surface area (Å²) in [7, 11) is 0. The van der Waals surface area contributed by atoms with E-state index in [1.54, 1.807) is 4.40 Å². The Bertz CT molecular complexity index is 1220. The van der Waals surface area contributed by atoms with Crippen molar-refractivity contribution >= 4 is 16.4 Å². The number of aromatic nitrogens is 2. The van der Waals surface area contributed by atoms with Crippen LogP contribution in [0.4, 0.5) is 0 Å². The van der Waals surface area contributed by atoms with Crippen molar-refractivity contribution in [1.82, 2.24) is 8.97 Å². The molecule has 0 fully saturated rings. The summed E-state index contributed by atoms with van der Waals surface area (Å²) in [5.74, 6) is 0. The summed E-state index contributed by atoms with van der Waals surface area (Å²) < 4.78 is 2.92. The van der Waals surface area contributed by atoms with Gasteiger partial charge in [0.25, 0.3) is 5.56 Å². The number of para-hydroxylation sites is 1. The third kappa shape index (κ3) is 2.30. The van der Waals surface area contributed by atoms with E-state index in [0.29, 0.717) is 23.2 Å². The van der Waals surface area contributed by atoms with Crippen molar-refractivity contribution in [2.75, 3.05) is 0 Å². The third-order valence-electron chi connectivity index (χ3n) is 4.64. The third-order valence-corrected chi connectivity index (χ3v) is 4.64. The van der Waals surface area contributed by atoms with Gasteiger partial charge in [-0.15, -0.1) is 0 Å². The minimum atomic E-state index is -0.335. The zero-order valence-electron chi connectivity index (χ0n) is 14.2. The van der Waals surface area contributed by atoms with Gasteiger partial charge in [-0.2, -0.15) is 0 Å². The highest BCUT2D eigenvalue weighted by Gasteiger charge is 2.15. The van der Waals surface area contributed by atoms with Crippen molar-refractivity contribution in [2.24, 2.45) is 0 Å². The zero-order chi connectivity index (χ0) is 17.6. The number of benzene rings is 2. The van der Waals surface area contributed by atoms with Crippen molar-refractivity contribution in [2.45, 2.75) is 20.3 Å². The van der Waals surface area contributed by atoms with Gasteiger partial charge in [0.2, 0.25) is 0 Å². The Labute approximate surface area is 144 Å². The van der Waals surface area contributed by atoms with Crippen LogP contribution in [0, 0.1) is 6.92 Å². The van der Waals surface area contributed by atoms with Gasteiger partial charge in [0.15, 0.2) is 0 Å². The van der Waals surface area contributed by atoms with Gasteiger partial charge in [-0.25, -0.2) is 9.36 Å². The highest BCUT2D eigenvalue weighted by Crippen LogP contribution is 2.17. The second kappa shape index (κ2) is 5.74. The van der Waals surface area contributed by atoms with E-state index < -0.39 is 0 Å². The average Bonchev–Trinajstić information content (AvgIpc) is 2.63. The highest BCUT2D eigenvalue weighted by atomic mass is 16.2. The molecule has 0 N–H and O–H groups in total. The molecule has 2 aromatic heterocycles. The molecule has 0 aliphatic rings. The molecule has 124 valence electrons. The number of aryl methyl sites for hydroxylation is 2. The summed E-state index contributed by atoms with van der Waals surface area (Å²) >= 11 is 0. The van der Waals surface area contributed by atoms with Crippen LogP contribution in [0.5, 0.6) is 0 Å². The molecule has 0 unspecified atom stereocenters. The van der Waals surface area contributed by atoms with Crippen LogP contribution in [0.25, 0.3) is 22.1 Å². The Morgan fingerprint density at radius 3 is 2.28 bits per heavy atom. The monoisotopic (exact) mass is 330 g/mol. The first-order chi connectivity index (χ1) is 12.1. The Balaban J connectivity index is 2.24. The fourth-order valence-electron chi connectivity index (χ4n) is 3.33. The second-order valence-corrected chi connectivity index (χ2v) is 6.20. The molecule has 0 atom stereocenters. The first-order valence-corrected chi connectivity index (χ1v) is 8.37.